The molecule has 2 aromatic carbocycles. The Morgan fingerprint density at radius 2 is 1.62 bits per heavy atom. The highest BCUT2D eigenvalue weighted by atomic mass is 19.4. The molecule has 0 amide bonds. The molecule has 0 radical (unpaired) electrons. The molecule has 204 valence electrons. The predicted molar refractivity (Wildman–Crippen MR) is 138 cm³/mol. The van der Waals surface area contributed by atoms with Crippen LogP contribution in [0.4, 0.5) is 13.2 Å². The second-order valence-electron chi connectivity index (χ2n) is 8.42. The lowest BCUT2D eigenvalue weighted by atomic mass is 9.98. The van der Waals surface area contributed by atoms with Crippen LogP contribution in [0.25, 0.3) is 33.6 Å². The van der Waals surface area contributed by atoms with E-state index >= 15 is 0 Å². The molecular weight excluding hydrogens is 527 g/mol. The van der Waals surface area contributed by atoms with Gasteiger partial charge in [0.25, 0.3) is 0 Å². The van der Waals surface area contributed by atoms with Gasteiger partial charge in [-0.15, -0.1) is 10.2 Å². The Labute approximate surface area is 225 Å². The zero-order chi connectivity index (χ0) is 28.7. The maximum Gasteiger partial charge on any atom is 0.490 e. The number of rotatable bonds is 6. The summed E-state index contributed by atoms with van der Waals surface area (Å²) < 4.78 is 38.0. The molecule has 5 rings (SSSR count). The molecule has 3 heterocycles. The zero-order valence-electron chi connectivity index (χ0n) is 21.2. The number of carboxylic acid groups (broad SMARTS) is 1. The van der Waals surface area contributed by atoms with Crippen molar-refractivity contribution in [1.29, 1.82) is 0 Å². The molecule has 0 unspecified atom stereocenters. The van der Waals surface area contributed by atoms with Crippen molar-refractivity contribution < 1.29 is 27.8 Å². The fraction of sp³-hybridized carbons (Fsp3) is 0.148. The molecule has 0 aliphatic rings. The molecule has 0 atom stereocenters. The van der Waals surface area contributed by atoms with Crippen molar-refractivity contribution in [2.24, 2.45) is 0 Å². The normalized spacial score (nSPS) is 10.9. The number of aliphatic carboxylic acids is 1. The van der Waals surface area contributed by atoms with Crippen LogP contribution >= 0.6 is 0 Å². The summed E-state index contributed by atoms with van der Waals surface area (Å²) in [6, 6.07) is 18.2. The molecule has 2 N–H and O–H groups in total. The van der Waals surface area contributed by atoms with Gasteiger partial charge in [0.05, 0.1) is 0 Å². The molecule has 0 bridgehead atoms. The molecule has 10 nitrogen and oxygen atoms in total. The van der Waals surface area contributed by atoms with E-state index in [0.717, 1.165) is 50.5 Å². The Bertz CT molecular complexity index is 1580. The van der Waals surface area contributed by atoms with E-state index in [1.54, 1.807) is 12.4 Å². The third kappa shape index (κ3) is 6.81. The number of nitrogens with one attached hydrogen (secondary N) is 1. The quantitative estimate of drug-likeness (QED) is 0.292. The lowest BCUT2D eigenvalue weighted by molar-refractivity contribution is -0.192. The minimum Gasteiger partial charge on any atom is -0.488 e. The van der Waals surface area contributed by atoms with E-state index in [9.17, 15) is 13.2 Å². The molecule has 0 aliphatic heterocycles. The molecule has 0 saturated carbocycles. The maximum atomic E-state index is 10.6. The summed E-state index contributed by atoms with van der Waals surface area (Å²) in [6.07, 6.45) is -0.0241. The average Bonchev–Trinajstić information content (AvgIpc) is 3.47. The number of alkyl halides is 3. The first-order valence-corrected chi connectivity index (χ1v) is 11.7. The summed E-state index contributed by atoms with van der Waals surface area (Å²) in [7, 11) is 0. The van der Waals surface area contributed by atoms with Crippen LogP contribution in [0.2, 0.25) is 0 Å². The first kappa shape index (κ1) is 27.8. The Hall–Kier alpha value is -5.20. The van der Waals surface area contributed by atoms with Gasteiger partial charge >= 0.3 is 12.1 Å². The van der Waals surface area contributed by atoms with E-state index in [2.05, 4.69) is 59.8 Å². The van der Waals surface area contributed by atoms with Crippen molar-refractivity contribution in [2.45, 2.75) is 26.6 Å². The number of aryl methyl sites for hydroxylation is 2. The van der Waals surface area contributed by atoms with Crippen molar-refractivity contribution in [3.8, 4) is 39.4 Å². The second kappa shape index (κ2) is 12.1. The van der Waals surface area contributed by atoms with Gasteiger partial charge < -0.3 is 9.84 Å². The number of aromatic amines is 1. The maximum absolute atomic E-state index is 10.6. The van der Waals surface area contributed by atoms with E-state index in [-0.39, 0.29) is 0 Å². The van der Waals surface area contributed by atoms with Gasteiger partial charge in [-0.05, 0) is 35.8 Å². The minimum atomic E-state index is -5.08. The Kier molecular flexibility index (Phi) is 8.42. The third-order valence-corrected chi connectivity index (χ3v) is 5.56. The number of tetrazole rings is 1. The third-order valence-electron chi connectivity index (χ3n) is 5.56. The second-order valence-corrected chi connectivity index (χ2v) is 8.42. The van der Waals surface area contributed by atoms with Crippen LogP contribution in [0.3, 0.4) is 0 Å². The van der Waals surface area contributed by atoms with Gasteiger partial charge in [0.2, 0.25) is 5.82 Å². The molecule has 0 saturated heterocycles. The Balaban J connectivity index is 0.000000470. The van der Waals surface area contributed by atoms with E-state index < -0.39 is 12.1 Å². The van der Waals surface area contributed by atoms with Crippen molar-refractivity contribution in [3.63, 3.8) is 0 Å². The summed E-state index contributed by atoms with van der Waals surface area (Å²) in [5.41, 5.74) is 7.66. The van der Waals surface area contributed by atoms with Crippen LogP contribution in [0.5, 0.6) is 5.75 Å². The summed E-state index contributed by atoms with van der Waals surface area (Å²) in [4.78, 5) is 21.8. The summed E-state index contributed by atoms with van der Waals surface area (Å²) in [5, 5.41) is 21.6. The number of nitrogens with zero attached hydrogens (tertiary/aromatic N) is 6. The fourth-order valence-corrected chi connectivity index (χ4v) is 3.83. The average molecular weight is 550 g/mol. The number of hydrogen-bond acceptors (Lipinski definition) is 8. The van der Waals surface area contributed by atoms with Crippen LogP contribution < -0.4 is 4.74 Å². The van der Waals surface area contributed by atoms with Crippen LogP contribution in [-0.2, 0) is 11.4 Å². The number of hydrogen-bond donors (Lipinski definition) is 2. The SMILES string of the molecule is Cc1cc(OCc2ccc(-c3ccccc3-c3nn[nH]n3)cc2)c(-c2cncnc2)c(C)n1.O=C(O)C(F)(F)F. The number of aromatic nitrogens is 7. The molecule has 5 aromatic rings. The van der Waals surface area contributed by atoms with Crippen LogP contribution in [0.1, 0.15) is 17.0 Å². The highest BCUT2D eigenvalue weighted by molar-refractivity contribution is 5.80. The first-order chi connectivity index (χ1) is 19.1. The minimum absolute atomic E-state index is 0.427. The van der Waals surface area contributed by atoms with Gasteiger partial charge in [0.15, 0.2) is 0 Å². The number of halogens is 3. The number of benzene rings is 2. The zero-order valence-corrected chi connectivity index (χ0v) is 21.2. The molecule has 13 heteroatoms. The lowest BCUT2D eigenvalue weighted by Gasteiger charge is -2.15. The molecule has 0 fully saturated rings. The summed E-state index contributed by atoms with van der Waals surface area (Å²) in [5.74, 6) is -1.42. The monoisotopic (exact) mass is 549 g/mol. The number of carbonyl (C=O) groups is 1. The van der Waals surface area contributed by atoms with Gasteiger partial charge in [0, 0.05) is 46.5 Å². The van der Waals surface area contributed by atoms with Gasteiger partial charge in [-0.25, -0.2) is 14.8 Å². The summed E-state index contributed by atoms with van der Waals surface area (Å²) in [6.45, 7) is 4.36. The number of carboxylic acids is 1. The predicted octanol–water partition coefficient (Wildman–Crippen LogP) is 5.21. The number of pyridine rings is 1. The van der Waals surface area contributed by atoms with Gasteiger partial charge in [-0.3, -0.25) is 4.98 Å². The Morgan fingerprint density at radius 3 is 2.23 bits per heavy atom. The van der Waals surface area contributed by atoms with E-state index in [1.807, 2.05) is 44.2 Å². The summed E-state index contributed by atoms with van der Waals surface area (Å²) >= 11 is 0. The van der Waals surface area contributed by atoms with Crippen LogP contribution in [0.15, 0.2) is 73.3 Å². The van der Waals surface area contributed by atoms with E-state index in [1.165, 1.54) is 6.33 Å². The van der Waals surface area contributed by atoms with Crippen molar-refractivity contribution in [2.75, 3.05) is 0 Å². The van der Waals surface area contributed by atoms with Crippen LogP contribution in [-0.4, -0.2) is 52.8 Å². The van der Waals surface area contributed by atoms with Gasteiger partial charge in [-0.1, -0.05) is 48.5 Å². The van der Waals surface area contributed by atoms with Crippen LogP contribution in [0, 0.1) is 13.8 Å². The molecule has 3 aromatic heterocycles. The van der Waals surface area contributed by atoms with Crippen molar-refractivity contribution >= 4 is 5.97 Å². The highest BCUT2D eigenvalue weighted by Crippen LogP contribution is 2.33. The lowest BCUT2D eigenvalue weighted by Crippen LogP contribution is -2.21. The smallest absolute Gasteiger partial charge is 0.488 e. The largest absolute Gasteiger partial charge is 0.490 e. The number of ether oxygens (including phenoxy) is 1. The van der Waals surface area contributed by atoms with Gasteiger partial charge in [-0.2, -0.15) is 18.4 Å². The fourth-order valence-electron chi connectivity index (χ4n) is 3.83. The van der Waals surface area contributed by atoms with Gasteiger partial charge in [0.1, 0.15) is 18.7 Å². The molecular formula is C27H22F3N7O3. The van der Waals surface area contributed by atoms with E-state index in [0.29, 0.717) is 12.4 Å². The van der Waals surface area contributed by atoms with Crippen molar-refractivity contribution in [3.05, 3.63) is 90.3 Å². The molecule has 0 spiro atoms. The Morgan fingerprint density at radius 1 is 0.975 bits per heavy atom. The molecule has 0 aliphatic carbocycles. The standard InChI is InChI=1S/C25H21N7O.C2HF3O2/c1-16-11-23(24(17(2)28-16)20-12-26-15-27-13-20)33-14-18-7-9-19(10-8-18)21-5-3-4-6-22(21)25-29-31-32-30-25;3-2(4,5)1(6)7/h3-13,15H,14H2,1-2H3,(H,29,30,31,32);(H,6,7). The van der Waals surface area contributed by atoms with E-state index in [4.69, 9.17) is 14.6 Å². The molecule has 40 heavy (non-hydrogen) atoms. The first-order valence-electron chi connectivity index (χ1n) is 11.7. The topological polar surface area (TPSA) is 140 Å². The van der Waals surface area contributed by atoms with Crippen molar-refractivity contribution in [1.82, 2.24) is 35.6 Å². The highest BCUT2D eigenvalue weighted by Gasteiger charge is 2.38. The number of H-pyrrole nitrogens is 1.